The molecule has 10 unspecified atom stereocenters. The molecule has 0 aliphatic heterocycles. The van der Waals surface area contributed by atoms with E-state index >= 15 is 0 Å². The van der Waals surface area contributed by atoms with Crippen molar-refractivity contribution in [3.05, 3.63) is 0 Å². The van der Waals surface area contributed by atoms with E-state index in [-0.39, 0.29) is 41.6 Å². The van der Waals surface area contributed by atoms with E-state index in [1.54, 1.807) is 6.92 Å². The van der Waals surface area contributed by atoms with Crippen molar-refractivity contribution in [2.24, 2.45) is 46.3 Å². The Kier molecular flexibility index (Phi) is 6.70. The van der Waals surface area contributed by atoms with Gasteiger partial charge in [-0.05, 0) is 98.7 Å². The van der Waals surface area contributed by atoms with E-state index in [1.165, 1.54) is 32.6 Å². The Morgan fingerprint density at radius 2 is 1.69 bits per heavy atom. The number of rotatable bonds is 5. The van der Waals surface area contributed by atoms with Gasteiger partial charge in [-0.3, -0.25) is 9.59 Å². The Balaban J connectivity index is 1.62. The maximum Gasteiger partial charge on any atom is 0.302 e. The number of carbonyl (C=O) groups is 2. The number of carbonyl (C=O) groups excluding carboxylic acids is 2. The second-order valence-electron chi connectivity index (χ2n) is 12.0. The summed E-state index contributed by atoms with van der Waals surface area (Å²) < 4.78 is 11.8. The molecule has 5 nitrogen and oxygen atoms in total. The number of aliphatic hydroxyl groups excluding tert-OH is 1. The summed E-state index contributed by atoms with van der Waals surface area (Å²) in [5.41, 5.74) is 0.230. The van der Waals surface area contributed by atoms with Crippen molar-refractivity contribution < 1.29 is 24.2 Å². The highest BCUT2D eigenvalue weighted by Gasteiger charge is 2.65. The second kappa shape index (κ2) is 8.92. The van der Waals surface area contributed by atoms with Crippen LogP contribution in [0.15, 0.2) is 0 Å². The standard InChI is InChI=1S/C27H44O5/c1-16(11-13-28)22-8-9-23-21-7-6-19-14-20(31-17(2)29)10-12-26(19,4)24(21)15-25(27(22,23)5)32-18(3)30/h16,19-25,28H,6-15H2,1-5H3. The minimum Gasteiger partial charge on any atom is -0.463 e. The molecule has 4 saturated carbocycles. The summed E-state index contributed by atoms with van der Waals surface area (Å²) in [6.07, 6.45) is 9.69. The van der Waals surface area contributed by atoms with Crippen LogP contribution < -0.4 is 0 Å². The smallest absolute Gasteiger partial charge is 0.302 e. The molecule has 32 heavy (non-hydrogen) atoms. The van der Waals surface area contributed by atoms with Crippen LogP contribution in [0.5, 0.6) is 0 Å². The summed E-state index contributed by atoms with van der Waals surface area (Å²) in [6.45, 7) is 10.5. The molecule has 0 aromatic rings. The Morgan fingerprint density at radius 3 is 2.34 bits per heavy atom. The van der Waals surface area contributed by atoms with Crippen molar-refractivity contribution in [1.82, 2.24) is 0 Å². The van der Waals surface area contributed by atoms with Crippen LogP contribution in [0.2, 0.25) is 0 Å². The van der Waals surface area contributed by atoms with E-state index in [0.717, 1.165) is 32.1 Å². The van der Waals surface area contributed by atoms with Crippen molar-refractivity contribution in [3.63, 3.8) is 0 Å². The third-order valence-electron chi connectivity index (χ3n) is 10.7. The SMILES string of the molecule is CC(=O)OC1CCC2(C)C(CCC3C2CC(OC(C)=O)C2(C)C(C(C)CCO)CCC32)C1. The molecule has 182 valence electrons. The predicted octanol–water partition coefficient (Wildman–Crippen LogP) is 5.14. The van der Waals surface area contributed by atoms with Gasteiger partial charge in [0.2, 0.25) is 0 Å². The second-order valence-corrected chi connectivity index (χ2v) is 12.0. The van der Waals surface area contributed by atoms with Crippen LogP contribution in [-0.2, 0) is 19.1 Å². The van der Waals surface area contributed by atoms with Crippen LogP contribution in [0.25, 0.3) is 0 Å². The molecular weight excluding hydrogens is 404 g/mol. The predicted molar refractivity (Wildman–Crippen MR) is 123 cm³/mol. The zero-order chi connectivity index (χ0) is 23.3. The fourth-order valence-corrected chi connectivity index (χ4v) is 9.24. The first kappa shape index (κ1) is 24.0. The van der Waals surface area contributed by atoms with Gasteiger partial charge in [0, 0.05) is 25.9 Å². The van der Waals surface area contributed by atoms with Crippen LogP contribution in [0.3, 0.4) is 0 Å². The van der Waals surface area contributed by atoms with Crippen molar-refractivity contribution in [1.29, 1.82) is 0 Å². The average molecular weight is 449 g/mol. The third-order valence-corrected chi connectivity index (χ3v) is 10.7. The van der Waals surface area contributed by atoms with E-state index < -0.39 is 0 Å². The first-order valence-electron chi connectivity index (χ1n) is 13.1. The Morgan fingerprint density at radius 1 is 0.969 bits per heavy atom. The topological polar surface area (TPSA) is 72.8 Å². The van der Waals surface area contributed by atoms with E-state index in [0.29, 0.717) is 35.5 Å². The monoisotopic (exact) mass is 448 g/mol. The van der Waals surface area contributed by atoms with Crippen LogP contribution in [0.4, 0.5) is 0 Å². The molecule has 0 amide bonds. The summed E-state index contributed by atoms with van der Waals surface area (Å²) in [4.78, 5) is 23.7. The molecule has 10 atom stereocenters. The van der Waals surface area contributed by atoms with Crippen molar-refractivity contribution in [3.8, 4) is 0 Å². The normalized spacial score (nSPS) is 46.4. The number of esters is 2. The van der Waals surface area contributed by atoms with E-state index in [1.807, 2.05) is 0 Å². The molecule has 0 heterocycles. The summed E-state index contributed by atoms with van der Waals surface area (Å²) in [5, 5.41) is 9.60. The molecule has 5 heteroatoms. The lowest BCUT2D eigenvalue weighted by atomic mass is 9.43. The van der Waals surface area contributed by atoms with Gasteiger partial charge in [-0.25, -0.2) is 0 Å². The van der Waals surface area contributed by atoms with Gasteiger partial charge in [0.05, 0.1) is 0 Å². The molecule has 0 radical (unpaired) electrons. The van der Waals surface area contributed by atoms with Gasteiger partial charge in [-0.15, -0.1) is 0 Å². The molecule has 0 spiro atoms. The van der Waals surface area contributed by atoms with Gasteiger partial charge in [-0.2, -0.15) is 0 Å². The molecular formula is C27H44O5. The quantitative estimate of drug-likeness (QED) is 0.590. The first-order valence-corrected chi connectivity index (χ1v) is 13.1. The molecule has 4 aliphatic carbocycles. The lowest BCUT2D eigenvalue weighted by Crippen LogP contribution is -2.59. The summed E-state index contributed by atoms with van der Waals surface area (Å²) in [5.74, 6) is 3.02. The minimum atomic E-state index is -0.162. The summed E-state index contributed by atoms with van der Waals surface area (Å²) in [7, 11) is 0. The number of hydrogen-bond donors (Lipinski definition) is 1. The number of fused-ring (bicyclic) bond motifs is 5. The molecule has 4 fully saturated rings. The number of ether oxygens (including phenoxy) is 2. The molecule has 0 saturated heterocycles. The van der Waals surface area contributed by atoms with Gasteiger partial charge < -0.3 is 14.6 Å². The molecule has 4 rings (SSSR count). The van der Waals surface area contributed by atoms with Crippen LogP contribution >= 0.6 is 0 Å². The molecule has 0 aromatic heterocycles. The first-order chi connectivity index (χ1) is 15.1. The maximum atomic E-state index is 12.2. The highest BCUT2D eigenvalue weighted by molar-refractivity contribution is 5.66. The van der Waals surface area contributed by atoms with E-state index in [9.17, 15) is 14.7 Å². The lowest BCUT2D eigenvalue weighted by molar-refractivity contribution is -0.198. The summed E-state index contributed by atoms with van der Waals surface area (Å²) >= 11 is 0. The van der Waals surface area contributed by atoms with Crippen molar-refractivity contribution in [2.45, 2.75) is 105 Å². The van der Waals surface area contributed by atoms with Crippen molar-refractivity contribution in [2.75, 3.05) is 6.61 Å². The number of aliphatic hydroxyl groups is 1. The van der Waals surface area contributed by atoms with Crippen LogP contribution in [-0.4, -0.2) is 35.9 Å². The Bertz CT molecular complexity index is 721. The van der Waals surface area contributed by atoms with Crippen LogP contribution in [0.1, 0.15) is 92.4 Å². The van der Waals surface area contributed by atoms with E-state index in [2.05, 4.69) is 20.8 Å². The number of hydrogen-bond acceptors (Lipinski definition) is 5. The van der Waals surface area contributed by atoms with Gasteiger partial charge in [-0.1, -0.05) is 20.8 Å². The maximum absolute atomic E-state index is 12.2. The van der Waals surface area contributed by atoms with Gasteiger partial charge in [0.15, 0.2) is 0 Å². The Labute approximate surface area is 194 Å². The third kappa shape index (κ3) is 3.91. The van der Waals surface area contributed by atoms with Gasteiger partial charge in [0.1, 0.15) is 12.2 Å². The van der Waals surface area contributed by atoms with Crippen molar-refractivity contribution >= 4 is 11.9 Å². The van der Waals surface area contributed by atoms with E-state index in [4.69, 9.17) is 9.47 Å². The molecule has 1 N–H and O–H groups in total. The molecule has 0 bridgehead atoms. The average Bonchev–Trinajstić information content (AvgIpc) is 3.07. The van der Waals surface area contributed by atoms with Gasteiger partial charge in [0.25, 0.3) is 0 Å². The Hall–Kier alpha value is -1.10. The van der Waals surface area contributed by atoms with Gasteiger partial charge >= 0.3 is 11.9 Å². The minimum absolute atomic E-state index is 0.000434. The zero-order valence-corrected chi connectivity index (χ0v) is 20.8. The fraction of sp³-hybridized carbons (Fsp3) is 0.926. The molecule has 4 aliphatic rings. The molecule has 0 aromatic carbocycles. The fourth-order valence-electron chi connectivity index (χ4n) is 9.24. The van der Waals surface area contributed by atoms with Crippen LogP contribution in [0, 0.1) is 46.3 Å². The summed E-state index contributed by atoms with van der Waals surface area (Å²) in [6, 6.07) is 0. The highest BCUT2D eigenvalue weighted by atomic mass is 16.5. The zero-order valence-electron chi connectivity index (χ0n) is 20.8. The lowest BCUT2D eigenvalue weighted by Gasteiger charge is -2.62. The highest BCUT2D eigenvalue weighted by Crippen LogP contribution is 2.69. The largest absolute Gasteiger partial charge is 0.463 e.